The minimum Gasteiger partial charge on any atom is -0.311 e. The largest absolute Gasteiger partial charge is 0.311 e. The van der Waals surface area contributed by atoms with Gasteiger partial charge in [-0.2, -0.15) is 0 Å². The van der Waals surface area contributed by atoms with Crippen LogP contribution in [0.4, 0.5) is 11.4 Å². The second-order valence-electron chi connectivity index (χ2n) is 7.06. The molecular weight excluding hydrogens is 384 g/mol. The van der Waals surface area contributed by atoms with E-state index in [1.807, 2.05) is 6.07 Å². The van der Waals surface area contributed by atoms with Gasteiger partial charge < -0.3 is 4.90 Å². The van der Waals surface area contributed by atoms with E-state index < -0.39 is 10.0 Å². The predicted molar refractivity (Wildman–Crippen MR) is 107 cm³/mol. The van der Waals surface area contributed by atoms with E-state index in [0.717, 1.165) is 37.7 Å². The molecule has 1 amide bonds. The van der Waals surface area contributed by atoms with Crippen molar-refractivity contribution in [1.29, 1.82) is 0 Å². The van der Waals surface area contributed by atoms with Gasteiger partial charge >= 0.3 is 0 Å². The van der Waals surface area contributed by atoms with Crippen molar-refractivity contribution in [3.63, 3.8) is 0 Å². The molecule has 1 heterocycles. The van der Waals surface area contributed by atoms with E-state index in [4.69, 9.17) is 11.6 Å². The van der Waals surface area contributed by atoms with Gasteiger partial charge in [0.05, 0.1) is 21.3 Å². The Hall–Kier alpha value is -2.05. The van der Waals surface area contributed by atoms with Gasteiger partial charge in [-0.3, -0.25) is 9.52 Å². The van der Waals surface area contributed by atoms with Crippen molar-refractivity contribution in [2.75, 3.05) is 16.2 Å². The van der Waals surface area contributed by atoms with E-state index in [9.17, 15) is 13.2 Å². The molecule has 0 radical (unpaired) electrons. The van der Waals surface area contributed by atoms with Gasteiger partial charge in [-0.05, 0) is 73.6 Å². The topological polar surface area (TPSA) is 66.5 Å². The van der Waals surface area contributed by atoms with Crippen molar-refractivity contribution in [2.45, 2.75) is 43.4 Å². The first-order valence-electron chi connectivity index (χ1n) is 9.18. The van der Waals surface area contributed by atoms with Crippen molar-refractivity contribution < 1.29 is 13.2 Å². The summed E-state index contributed by atoms with van der Waals surface area (Å²) < 4.78 is 28.1. The fourth-order valence-electron chi connectivity index (χ4n) is 3.78. The zero-order valence-electron chi connectivity index (χ0n) is 14.9. The number of carbonyl (C=O) groups is 1. The summed E-state index contributed by atoms with van der Waals surface area (Å²) in [7, 11) is -3.70. The number of sulfonamides is 1. The average molecular weight is 405 g/mol. The Morgan fingerprint density at radius 3 is 2.41 bits per heavy atom. The third kappa shape index (κ3) is 3.69. The molecule has 1 aliphatic heterocycles. The van der Waals surface area contributed by atoms with Crippen LogP contribution in [0.25, 0.3) is 0 Å². The molecule has 7 heteroatoms. The Balaban J connectivity index is 1.58. The van der Waals surface area contributed by atoms with Crippen molar-refractivity contribution in [2.24, 2.45) is 0 Å². The lowest BCUT2D eigenvalue weighted by atomic mass is 9.92. The maximum absolute atomic E-state index is 12.8. The molecule has 0 bridgehead atoms. The summed E-state index contributed by atoms with van der Waals surface area (Å²) in [6.45, 7) is 0.638. The zero-order valence-corrected chi connectivity index (χ0v) is 16.4. The van der Waals surface area contributed by atoms with Crippen molar-refractivity contribution in [3.05, 3.63) is 52.5 Å². The van der Waals surface area contributed by atoms with E-state index in [2.05, 4.69) is 4.72 Å². The summed E-state index contributed by atoms with van der Waals surface area (Å²) in [6.07, 6.45) is 5.50. The Labute approximate surface area is 164 Å². The van der Waals surface area contributed by atoms with Gasteiger partial charge in [-0.15, -0.1) is 0 Å². The normalized spacial score (nSPS) is 17.1. The third-order valence-corrected chi connectivity index (χ3v) is 6.88. The van der Waals surface area contributed by atoms with Gasteiger partial charge in [0.2, 0.25) is 5.91 Å². The molecule has 0 unspecified atom stereocenters. The molecule has 0 saturated carbocycles. The lowest BCUT2D eigenvalue weighted by Gasteiger charge is -2.19. The van der Waals surface area contributed by atoms with Gasteiger partial charge in [-0.25, -0.2) is 8.42 Å². The smallest absolute Gasteiger partial charge is 0.261 e. The van der Waals surface area contributed by atoms with Crippen molar-refractivity contribution in [1.82, 2.24) is 0 Å². The van der Waals surface area contributed by atoms with Crippen LogP contribution in [0.15, 0.2) is 41.3 Å². The van der Waals surface area contributed by atoms with E-state index >= 15 is 0 Å². The number of anilines is 2. The Morgan fingerprint density at radius 1 is 0.926 bits per heavy atom. The van der Waals surface area contributed by atoms with Crippen LogP contribution in [-0.4, -0.2) is 20.9 Å². The first-order chi connectivity index (χ1) is 12.9. The monoisotopic (exact) mass is 404 g/mol. The highest BCUT2D eigenvalue weighted by Gasteiger charge is 2.24. The Morgan fingerprint density at radius 2 is 1.70 bits per heavy atom. The van der Waals surface area contributed by atoms with E-state index in [1.54, 1.807) is 35.2 Å². The Kier molecular flexibility index (Phi) is 4.86. The van der Waals surface area contributed by atoms with Crippen LogP contribution >= 0.6 is 11.6 Å². The quantitative estimate of drug-likeness (QED) is 0.832. The van der Waals surface area contributed by atoms with Crippen LogP contribution < -0.4 is 9.62 Å². The lowest BCUT2D eigenvalue weighted by Crippen LogP contribution is -2.24. The van der Waals surface area contributed by atoms with Gasteiger partial charge in [-0.1, -0.05) is 17.7 Å². The molecule has 4 rings (SSSR count). The highest BCUT2D eigenvalue weighted by molar-refractivity contribution is 7.92. The van der Waals surface area contributed by atoms with E-state index in [-0.39, 0.29) is 10.8 Å². The number of halogens is 1. The summed E-state index contributed by atoms with van der Waals surface area (Å²) in [5, 5.41) is 0.357. The van der Waals surface area contributed by atoms with E-state index in [0.29, 0.717) is 29.4 Å². The Bertz CT molecular complexity index is 1000. The molecule has 0 atom stereocenters. The summed E-state index contributed by atoms with van der Waals surface area (Å²) in [5.74, 6) is 0.0410. The fraction of sp³-hybridized carbons (Fsp3) is 0.350. The minimum atomic E-state index is -3.70. The summed E-state index contributed by atoms with van der Waals surface area (Å²) in [6, 6.07) is 10.2. The molecule has 0 aromatic heterocycles. The van der Waals surface area contributed by atoms with Gasteiger partial charge in [0, 0.05) is 13.0 Å². The number of rotatable bonds is 4. The lowest BCUT2D eigenvalue weighted by molar-refractivity contribution is -0.117. The molecule has 2 aromatic carbocycles. The van der Waals surface area contributed by atoms with Crippen LogP contribution in [0.3, 0.4) is 0 Å². The molecule has 1 N–H and O–H groups in total. The fourth-order valence-corrected chi connectivity index (χ4v) is 5.17. The van der Waals surface area contributed by atoms with Crippen molar-refractivity contribution >= 4 is 38.9 Å². The maximum atomic E-state index is 12.8. The molecule has 1 saturated heterocycles. The van der Waals surface area contributed by atoms with Gasteiger partial charge in [0.15, 0.2) is 0 Å². The highest BCUT2D eigenvalue weighted by atomic mass is 35.5. The molecule has 5 nitrogen and oxygen atoms in total. The molecule has 2 aromatic rings. The van der Waals surface area contributed by atoms with Crippen LogP contribution in [0.2, 0.25) is 5.02 Å². The second kappa shape index (κ2) is 7.17. The van der Waals surface area contributed by atoms with Crippen LogP contribution in [0.5, 0.6) is 0 Å². The summed E-state index contributed by atoms with van der Waals surface area (Å²) in [5.41, 5.74) is 3.36. The van der Waals surface area contributed by atoms with Gasteiger partial charge in [0.1, 0.15) is 0 Å². The number of hydrogen-bond donors (Lipinski definition) is 1. The maximum Gasteiger partial charge on any atom is 0.261 e. The number of amides is 1. The molecule has 1 fully saturated rings. The zero-order chi connectivity index (χ0) is 19.0. The molecule has 0 spiro atoms. The van der Waals surface area contributed by atoms with Crippen molar-refractivity contribution in [3.8, 4) is 0 Å². The first kappa shape index (κ1) is 18.3. The first-order valence-corrected chi connectivity index (χ1v) is 11.0. The molecule has 142 valence electrons. The number of hydrogen-bond acceptors (Lipinski definition) is 3. The highest BCUT2D eigenvalue weighted by Crippen LogP contribution is 2.32. The standard InChI is InChI=1S/C20H21ClN2O3S/c21-18-13-16(8-10-19(18)23-11-3-6-20(23)24)22-27(25,26)17-9-7-14-4-1-2-5-15(14)12-17/h7-10,12-13,22H,1-6,11H2. The molecule has 1 aliphatic carbocycles. The number of nitrogens with zero attached hydrogens (tertiary/aromatic N) is 1. The number of benzene rings is 2. The number of carbonyl (C=O) groups excluding carboxylic acids is 1. The summed E-state index contributed by atoms with van der Waals surface area (Å²) in [4.78, 5) is 13.8. The number of aryl methyl sites for hydroxylation is 2. The SMILES string of the molecule is O=C1CCCN1c1ccc(NS(=O)(=O)c2ccc3c(c2)CCCC3)cc1Cl. The second-order valence-corrected chi connectivity index (χ2v) is 9.15. The average Bonchev–Trinajstić information content (AvgIpc) is 3.07. The third-order valence-electron chi connectivity index (χ3n) is 5.19. The van der Waals surface area contributed by atoms with Crippen LogP contribution in [0, 0.1) is 0 Å². The minimum absolute atomic E-state index is 0.0410. The number of fused-ring (bicyclic) bond motifs is 1. The molecule has 27 heavy (non-hydrogen) atoms. The van der Waals surface area contributed by atoms with Gasteiger partial charge in [0.25, 0.3) is 10.0 Å². The van der Waals surface area contributed by atoms with Crippen LogP contribution in [-0.2, 0) is 27.7 Å². The summed E-state index contributed by atoms with van der Waals surface area (Å²) >= 11 is 6.32. The number of nitrogens with one attached hydrogen (secondary N) is 1. The van der Waals surface area contributed by atoms with Crippen LogP contribution in [0.1, 0.15) is 36.8 Å². The molecule has 2 aliphatic rings. The van der Waals surface area contributed by atoms with E-state index in [1.165, 1.54) is 5.56 Å². The molecular formula is C20H21ClN2O3S. The predicted octanol–water partition coefficient (Wildman–Crippen LogP) is 4.15.